The van der Waals surface area contributed by atoms with Crippen LogP contribution < -0.4 is 10.6 Å². The molecule has 0 aromatic carbocycles. The highest BCUT2D eigenvalue weighted by Gasteiger charge is 2.19. The van der Waals surface area contributed by atoms with Crippen LogP contribution in [0.5, 0.6) is 0 Å². The van der Waals surface area contributed by atoms with Crippen LogP contribution in [-0.4, -0.2) is 34.2 Å². The molecule has 0 fully saturated rings. The number of hydrogen-bond donors (Lipinski definition) is 2. The van der Waals surface area contributed by atoms with Gasteiger partial charge in [0.15, 0.2) is 0 Å². The molecule has 1 aromatic heterocycles. The predicted molar refractivity (Wildman–Crippen MR) is 83.5 cm³/mol. The molecule has 6 nitrogen and oxygen atoms in total. The van der Waals surface area contributed by atoms with E-state index in [0.717, 1.165) is 0 Å². The second-order valence-electron chi connectivity index (χ2n) is 6.09. The summed E-state index contributed by atoms with van der Waals surface area (Å²) in [6, 6.07) is 1.73. The molecule has 0 aliphatic heterocycles. The predicted octanol–water partition coefficient (Wildman–Crippen LogP) is 3.09. The third kappa shape index (κ3) is 7.13. The number of carbonyl (C=O) groups excluding carboxylic acids is 1. The molecule has 1 atom stereocenters. The molecule has 1 unspecified atom stereocenters. The van der Waals surface area contributed by atoms with Crippen molar-refractivity contribution in [3.8, 4) is 0 Å². The highest BCUT2D eigenvalue weighted by Crippen LogP contribution is 2.12. The molecule has 0 aliphatic rings. The van der Waals surface area contributed by atoms with Gasteiger partial charge in [-0.1, -0.05) is 13.8 Å². The van der Waals surface area contributed by atoms with E-state index in [9.17, 15) is 4.79 Å². The van der Waals surface area contributed by atoms with Gasteiger partial charge >= 0.3 is 6.09 Å². The number of ether oxygens (including phenoxy) is 1. The van der Waals surface area contributed by atoms with Gasteiger partial charge in [0.2, 0.25) is 5.28 Å². The molecular formula is C14H23ClN4O2. The Morgan fingerprint density at radius 3 is 2.62 bits per heavy atom. The van der Waals surface area contributed by atoms with E-state index in [2.05, 4.69) is 34.4 Å². The molecule has 1 heterocycles. The van der Waals surface area contributed by atoms with Crippen molar-refractivity contribution in [1.29, 1.82) is 0 Å². The fourth-order valence-corrected chi connectivity index (χ4v) is 1.71. The largest absolute Gasteiger partial charge is 0.444 e. The van der Waals surface area contributed by atoms with Crippen LogP contribution in [0.3, 0.4) is 0 Å². The summed E-state index contributed by atoms with van der Waals surface area (Å²) in [5.74, 6) is 0.911. The van der Waals surface area contributed by atoms with Gasteiger partial charge in [0.05, 0.1) is 0 Å². The van der Waals surface area contributed by atoms with E-state index in [0.29, 0.717) is 12.4 Å². The summed E-state index contributed by atoms with van der Waals surface area (Å²) < 4.78 is 5.21. The van der Waals surface area contributed by atoms with E-state index in [1.165, 1.54) is 0 Å². The standard InChI is InChI=1S/C14H23ClN4O2/c1-9(2)10(8-17-13(20)21-14(3,4)5)18-11-6-7-16-12(15)19-11/h6-7,9-10H,8H2,1-5H3,(H,17,20)(H,16,18,19). The van der Waals surface area contributed by atoms with Crippen LogP contribution in [-0.2, 0) is 4.74 Å². The zero-order chi connectivity index (χ0) is 16.0. The SMILES string of the molecule is CC(C)C(CNC(=O)OC(C)(C)C)Nc1ccnc(Cl)n1. The third-order valence-electron chi connectivity index (χ3n) is 2.63. The van der Waals surface area contributed by atoms with E-state index in [-0.39, 0.29) is 17.2 Å². The van der Waals surface area contributed by atoms with E-state index >= 15 is 0 Å². The first-order chi connectivity index (χ1) is 9.67. The summed E-state index contributed by atoms with van der Waals surface area (Å²) in [6.07, 6.45) is 1.15. The van der Waals surface area contributed by atoms with Crippen LogP contribution in [0.1, 0.15) is 34.6 Å². The number of aromatic nitrogens is 2. The lowest BCUT2D eigenvalue weighted by Crippen LogP contribution is -2.41. The van der Waals surface area contributed by atoms with Crippen LogP contribution in [0.2, 0.25) is 5.28 Å². The highest BCUT2D eigenvalue weighted by molar-refractivity contribution is 6.28. The minimum Gasteiger partial charge on any atom is -0.444 e. The van der Waals surface area contributed by atoms with E-state index < -0.39 is 11.7 Å². The first kappa shape index (κ1) is 17.5. The molecule has 7 heteroatoms. The van der Waals surface area contributed by atoms with Gasteiger partial charge in [-0.05, 0) is 44.4 Å². The fraction of sp³-hybridized carbons (Fsp3) is 0.643. The Morgan fingerprint density at radius 1 is 1.43 bits per heavy atom. The van der Waals surface area contributed by atoms with Crippen LogP contribution in [0.25, 0.3) is 0 Å². The number of anilines is 1. The van der Waals surface area contributed by atoms with Gasteiger partial charge in [-0.25, -0.2) is 14.8 Å². The zero-order valence-corrected chi connectivity index (χ0v) is 13.9. The molecule has 0 aliphatic carbocycles. The molecule has 0 saturated carbocycles. The topological polar surface area (TPSA) is 76.1 Å². The van der Waals surface area contributed by atoms with Gasteiger partial charge in [0.25, 0.3) is 0 Å². The van der Waals surface area contributed by atoms with E-state index in [1.807, 2.05) is 20.8 Å². The van der Waals surface area contributed by atoms with Crippen LogP contribution in [0.15, 0.2) is 12.3 Å². The lowest BCUT2D eigenvalue weighted by atomic mass is 10.0. The Balaban J connectivity index is 2.57. The highest BCUT2D eigenvalue weighted by atomic mass is 35.5. The summed E-state index contributed by atoms with van der Waals surface area (Å²) >= 11 is 5.76. The Hall–Kier alpha value is -1.56. The van der Waals surface area contributed by atoms with Crippen molar-refractivity contribution in [3.63, 3.8) is 0 Å². The lowest BCUT2D eigenvalue weighted by molar-refractivity contribution is 0.0523. The molecule has 1 amide bonds. The summed E-state index contributed by atoms with van der Waals surface area (Å²) in [4.78, 5) is 19.6. The summed E-state index contributed by atoms with van der Waals surface area (Å²) in [5.41, 5.74) is -0.509. The molecule has 0 spiro atoms. The van der Waals surface area contributed by atoms with Crippen molar-refractivity contribution in [1.82, 2.24) is 15.3 Å². The summed E-state index contributed by atoms with van der Waals surface area (Å²) in [7, 11) is 0. The third-order valence-corrected chi connectivity index (χ3v) is 2.81. The number of amides is 1. The molecular weight excluding hydrogens is 292 g/mol. The number of halogens is 1. The lowest BCUT2D eigenvalue weighted by Gasteiger charge is -2.25. The van der Waals surface area contributed by atoms with Crippen LogP contribution >= 0.6 is 11.6 Å². The van der Waals surface area contributed by atoms with Crippen molar-refractivity contribution in [2.75, 3.05) is 11.9 Å². The molecule has 0 radical (unpaired) electrons. The van der Waals surface area contributed by atoms with E-state index in [1.54, 1.807) is 12.3 Å². The number of carbonyl (C=O) groups is 1. The minimum atomic E-state index is -0.509. The number of alkyl carbamates (subject to hydrolysis) is 1. The molecule has 0 saturated heterocycles. The second kappa shape index (κ2) is 7.45. The van der Waals surface area contributed by atoms with Gasteiger partial charge in [-0.2, -0.15) is 0 Å². The minimum absolute atomic E-state index is 0.00323. The monoisotopic (exact) mass is 314 g/mol. The maximum Gasteiger partial charge on any atom is 0.407 e. The van der Waals surface area contributed by atoms with Crippen molar-refractivity contribution in [2.45, 2.75) is 46.3 Å². The molecule has 21 heavy (non-hydrogen) atoms. The van der Waals surface area contributed by atoms with Crippen LogP contribution in [0, 0.1) is 5.92 Å². The van der Waals surface area contributed by atoms with Crippen LogP contribution in [0.4, 0.5) is 10.6 Å². The van der Waals surface area contributed by atoms with Crippen molar-refractivity contribution >= 4 is 23.5 Å². The van der Waals surface area contributed by atoms with E-state index in [4.69, 9.17) is 16.3 Å². The summed E-state index contributed by atoms with van der Waals surface area (Å²) in [6.45, 7) is 10.0. The fourth-order valence-electron chi connectivity index (χ4n) is 1.57. The Morgan fingerprint density at radius 2 is 2.10 bits per heavy atom. The number of rotatable bonds is 5. The molecule has 1 aromatic rings. The number of nitrogens with one attached hydrogen (secondary N) is 2. The molecule has 2 N–H and O–H groups in total. The maximum atomic E-state index is 11.7. The number of hydrogen-bond acceptors (Lipinski definition) is 5. The van der Waals surface area contributed by atoms with Crippen molar-refractivity contribution in [3.05, 3.63) is 17.5 Å². The van der Waals surface area contributed by atoms with Gasteiger partial charge in [0, 0.05) is 18.8 Å². The van der Waals surface area contributed by atoms with Crippen molar-refractivity contribution in [2.24, 2.45) is 5.92 Å². The molecule has 118 valence electrons. The van der Waals surface area contributed by atoms with Gasteiger partial charge in [-0.3, -0.25) is 0 Å². The van der Waals surface area contributed by atoms with Crippen molar-refractivity contribution < 1.29 is 9.53 Å². The first-order valence-electron chi connectivity index (χ1n) is 6.89. The second-order valence-corrected chi connectivity index (χ2v) is 6.43. The molecule has 0 bridgehead atoms. The number of nitrogens with zero attached hydrogens (tertiary/aromatic N) is 2. The quantitative estimate of drug-likeness (QED) is 0.817. The maximum absolute atomic E-state index is 11.7. The zero-order valence-electron chi connectivity index (χ0n) is 13.1. The smallest absolute Gasteiger partial charge is 0.407 e. The first-order valence-corrected chi connectivity index (χ1v) is 7.27. The normalized spacial score (nSPS) is 12.9. The average Bonchev–Trinajstić information content (AvgIpc) is 2.32. The Bertz CT molecular complexity index is 474. The van der Waals surface area contributed by atoms with Gasteiger partial charge in [0.1, 0.15) is 11.4 Å². The van der Waals surface area contributed by atoms with Gasteiger partial charge in [-0.15, -0.1) is 0 Å². The average molecular weight is 315 g/mol. The van der Waals surface area contributed by atoms with Gasteiger partial charge < -0.3 is 15.4 Å². The Kier molecular flexibility index (Phi) is 6.20. The molecule has 1 rings (SSSR count). The summed E-state index contributed by atoms with van der Waals surface area (Å²) in [5, 5.41) is 6.17. The Labute approximate surface area is 130 Å².